The van der Waals surface area contributed by atoms with E-state index in [1.165, 1.54) is 23.5 Å². The summed E-state index contributed by atoms with van der Waals surface area (Å²) in [6.45, 7) is 0. The van der Waals surface area contributed by atoms with Gasteiger partial charge < -0.3 is 25.1 Å². The Morgan fingerprint density at radius 3 is 2.41 bits per heavy atom. The molecule has 10 heteroatoms. The van der Waals surface area contributed by atoms with Crippen LogP contribution in [0.2, 0.25) is 0 Å². The number of carbonyl (C=O) groups excluding carboxylic acids is 3. The van der Waals surface area contributed by atoms with E-state index < -0.39 is 51.3 Å². The van der Waals surface area contributed by atoms with Gasteiger partial charge in [0.15, 0.2) is 15.5 Å². The van der Waals surface area contributed by atoms with Crippen LogP contribution >= 0.6 is 23.5 Å². The van der Waals surface area contributed by atoms with Gasteiger partial charge in [-0.25, -0.2) is 0 Å². The number of Topliss-reactive ketones (excluding diaryl/α,β-unsaturated/α-hetero) is 1. The molecular formula is C19H24N2O6S2. The highest BCUT2D eigenvalue weighted by molar-refractivity contribution is 8.03. The average molecular weight is 441 g/mol. The second-order valence-electron chi connectivity index (χ2n) is 9.31. The Kier molecular flexibility index (Phi) is 3.72. The van der Waals surface area contributed by atoms with E-state index in [1.54, 1.807) is 16.1 Å². The standard InChI is InChI=1S/C19H24N2O6S2/c1-28-18-5-7-9(22)2-3-10(23)13(7)20(18)17(27)19-6-8-14(21(19)16(18)26)11(24)4-12(29-19)15(8)25/h7-14,22-24H,2-6H2,1H3/t7-,8-,9+,10+,11+,12+,13+,14+,18-,19-/m1/s1. The maximum atomic E-state index is 14.1. The first-order valence-electron chi connectivity index (χ1n) is 10.3. The molecule has 8 nitrogen and oxygen atoms in total. The number of rotatable bonds is 1. The highest BCUT2D eigenvalue weighted by Gasteiger charge is 2.78. The Bertz CT molecular complexity index is 842. The Morgan fingerprint density at radius 1 is 0.966 bits per heavy atom. The van der Waals surface area contributed by atoms with E-state index in [9.17, 15) is 29.7 Å². The fourth-order valence-corrected chi connectivity index (χ4v) is 9.88. The van der Waals surface area contributed by atoms with E-state index in [1.807, 2.05) is 0 Å². The van der Waals surface area contributed by atoms with Crippen LogP contribution in [-0.2, 0) is 14.4 Å². The zero-order valence-electron chi connectivity index (χ0n) is 15.9. The van der Waals surface area contributed by atoms with Gasteiger partial charge in [0.25, 0.3) is 11.8 Å². The zero-order valence-corrected chi connectivity index (χ0v) is 17.6. The number of nitrogens with zero attached hydrogens (tertiary/aromatic N) is 2. The molecule has 1 spiro atoms. The quantitative estimate of drug-likeness (QED) is 0.483. The molecule has 0 radical (unpaired) electrons. The minimum Gasteiger partial charge on any atom is -0.393 e. The van der Waals surface area contributed by atoms with Gasteiger partial charge in [0.2, 0.25) is 0 Å². The van der Waals surface area contributed by atoms with Gasteiger partial charge in [-0.3, -0.25) is 14.4 Å². The first-order chi connectivity index (χ1) is 13.8. The molecular weight excluding hydrogens is 416 g/mol. The number of aliphatic hydroxyl groups excluding tert-OH is 3. The molecule has 2 aliphatic carbocycles. The van der Waals surface area contributed by atoms with Gasteiger partial charge >= 0.3 is 0 Å². The van der Waals surface area contributed by atoms with Crippen molar-refractivity contribution >= 4 is 41.1 Å². The monoisotopic (exact) mass is 440 g/mol. The summed E-state index contributed by atoms with van der Waals surface area (Å²) in [6.07, 6.45) is 1.13. The minimum absolute atomic E-state index is 0.0373. The molecule has 3 bridgehead atoms. The lowest BCUT2D eigenvalue weighted by molar-refractivity contribution is -0.170. The molecule has 4 heterocycles. The van der Waals surface area contributed by atoms with Gasteiger partial charge in [0, 0.05) is 18.3 Å². The predicted octanol–water partition coefficient (Wildman–Crippen LogP) is -0.845. The summed E-state index contributed by atoms with van der Waals surface area (Å²) in [5, 5.41) is 31.7. The number of thioether (sulfide) groups is 2. The lowest BCUT2D eigenvalue weighted by atomic mass is 9.79. The van der Waals surface area contributed by atoms with E-state index >= 15 is 0 Å². The van der Waals surface area contributed by atoms with Crippen molar-refractivity contribution < 1.29 is 29.7 Å². The smallest absolute Gasteiger partial charge is 0.261 e. The Labute approximate surface area is 176 Å². The number of piperazine rings is 1. The SMILES string of the molecule is CS[C@@]12C[C@H]3[C@@H]([C@@H](O)CC[C@@H]3O)N1C(=O)[C@]13C[C@H]4C(=O)[C@H](C[C@H](O)[C@H]4N1C2=O)S3. The summed E-state index contributed by atoms with van der Waals surface area (Å²) in [5.74, 6) is -1.32. The fourth-order valence-electron chi connectivity index (χ4n) is 7.00. The van der Waals surface area contributed by atoms with Crippen LogP contribution in [0.1, 0.15) is 32.1 Å². The number of amides is 2. The summed E-state index contributed by atoms with van der Waals surface area (Å²) in [5.41, 5.74) is 0. The van der Waals surface area contributed by atoms with Crippen molar-refractivity contribution in [2.75, 3.05) is 6.26 Å². The number of ketones is 1. The van der Waals surface area contributed by atoms with Crippen molar-refractivity contribution in [2.45, 2.75) is 77.5 Å². The molecule has 6 rings (SSSR count). The Hall–Kier alpha value is -0.810. The predicted molar refractivity (Wildman–Crippen MR) is 105 cm³/mol. The number of hydrogen-bond acceptors (Lipinski definition) is 8. The van der Waals surface area contributed by atoms with Crippen LogP contribution in [-0.4, -0.2) is 94.4 Å². The molecule has 0 aromatic heterocycles. The first-order valence-corrected chi connectivity index (χ1v) is 12.4. The highest BCUT2D eigenvalue weighted by atomic mass is 32.2. The van der Waals surface area contributed by atoms with Gasteiger partial charge in [-0.1, -0.05) is 0 Å². The zero-order chi connectivity index (χ0) is 20.5. The van der Waals surface area contributed by atoms with Crippen molar-refractivity contribution in [3.05, 3.63) is 0 Å². The molecule has 3 N–H and O–H groups in total. The van der Waals surface area contributed by atoms with Gasteiger partial charge in [0.1, 0.15) is 0 Å². The van der Waals surface area contributed by atoms with Gasteiger partial charge in [-0.15, -0.1) is 23.5 Å². The normalized spacial score (nSPS) is 55.2. The summed E-state index contributed by atoms with van der Waals surface area (Å²) in [4.78, 5) is 41.6. The maximum Gasteiger partial charge on any atom is 0.261 e. The molecule has 0 aromatic carbocycles. The molecule has 29 heavy (non-hydrogen) atoms. The second kappa shape index (κ2) is 5.70. The Morgan fingerprint density at radius 2 is 1.69 bits per heavy atom. The van der Waals surface area contributed by atoms with E-state index in [4.69, 9.17) is 0 Å². The molecule has 6 fully saturated rings. The molecule has 2 amide bonds. The van der Waals surface area contributed by atoms with E-state index in [-0.39, 0.29) is 42.8 Å². The number of carbonyl (C=O) groups is 3. The lowest BCUT2D eigenvalue weighted by Crippen LogP contribution is -2.74. The molecule has 4 saturated heterocycles. The summed E-state index contributed by atoms with van der Waals surface area (Å²) in [6, 6.07) is -1.26. The molecule has 2 saturated carbocycles. The summed E-state index contributed by atoms with van der Waals surface area (Å²) >= 11 is 2.49. The van der Waals surface area contributed by atoms with Crippen molar-refractivity contribution in [1.29, 1.82) is 0 Å². The summed E-state index contributed by atoms with van der Waals surface area (Å²) in [7, 11) is 0. The third-order valence-electron chi connectivity index (χ3n) is 8.19. The minimum atomic E-state index is -1.21. The van der Waals surface area contributed by atoms with E-state index in [0.717, 1.165) is 0 Å². The van der Waals surface area contributed by atoms with Gasteiger partial charge in [-0.05, 0) is 31.9 Å². The summed E-state index contributed by atoms with van der Waals surface area (Å²) < 4.78 is 0. The van der Waals surface area contributed by atoms with Crippen LogP contribution < -0.4 is 0 Å². The molecule has 158 valence electrons. The largest absolute Gasteiger partial charge is 0.393 e. The molecule has 4 aliphatic heterocycles. The topological polar surface area (TPSA) is 118 Å². The highest BCUT2D eigenvalue weighted by Crippen LogP contribution is 2.65. The maximum absolute atomic E-state index is 14.1. The van der Waals surface area contributed by atoms with Crippen molar-refractivity contribution in [3.63, 3.8) is 0 Å². The van der Waals surface area contributed by atoms with E-state index in [0.29, 0.717) is 12.8 Å². The van der Waals surface area contributed by atoms with Crippen LogP contribution in [0.4, 0.5) is 0 Å². The molecule has 6 aliphatic rings. The third kappa shape index (κ3) is 1.94. The molecule has 10 atom stereocenters. The number of hydrogen-bond donors (Lipinski definition) is 3. The molecule has 0 unspecified atom stereocenters. The van der Waals surface area contributed by atoms with Crippen LogP contribution in [0.15, 0.2) is 0 Å². The van der Waals surface area contributed by atoms with Crippen LogP contribution in [0.5, 0.6) is 0 Å². The third-order valence-corrected chi connectivity index (χ3v) is 11.0. The van der Waals surface area contributed by atoms with Crippen molar-refractivity contribution in [1.82, 2.24) is 9.80 Å². The fraction of sp³-hybridized carbons (Fsp3) is 0.842. The van der Waals surface area contributed by atoms with E-state index in [2.05, 4.69) is 0 Å². The van der Waals surface area contributed by atoms with Crippen molar-refractivity contribution in [3.8, 4) is 0 Å². The van der Waals surface area contributed by atoms with Crippen LogP contribution in [0.25, 0.3) is 0 Å². The van der Waals surface area contributed by atoms with Gasteiger partial charge in [0.05, 0.1) is 35.6 Å². The number of aliphatic hydroxyl groups is 3. The van der Waals surface area contributed by atoms with Crippen LogP contribution in [0.3, 0.4) is 0 Å². The first kappa shape index (κ1) is 18.9. The lowest BCUT2D eigenvalue weighted by Gasteiger charge is -2.54. The van der Waals surface area contributed by atoms with Gasteiger partial charge in [-0.2, -0.15) is 0 Å². The second-order valence-corrected chi connectivity index (χ2v) is 11.9. The number of fused-ring (bicyclic) bond motifs is 5. The van der Waals surface area contributed by atoms with Crippen LogP contribution in [0, 0.1) is 11.8 Å². The average Bonchev–Trinajstić information content (AvgIpc) is 3.17. The Balaban J connectivity index is 1.53. The molecule has 0 aromatic rings. The van der Waals surface area contributed by atoms with Crippen molar-refractivity contribution in [2.24, 2.45) is 11.8 Å².